The van der Waals surface area contributed by atoms with Gasteiger partial charge in [0.1, 0.15) is 0 Å². The van der Waals surface area contributed by atoms with Crippen molar-refractivity contribution in [2.75, 3.05) is 38.7 Å². The summed E-state index contributed by atoms with van der Waals surface area (Å²) in [6, 6.07) is 0.857. The first-order chi connectivity index (χ1) is 7.88. The molecule has 1 aliphatic heterocycles. The summed E-state index contributed by atoms with van der Waals surface area (Å²) in [5.41, 5.74) is 0. The van der Waals surface area contributed by atoms with Gasteiger partial charge in [-0.05, 0) is 70.8 Å². The van der Waals surface area contributed by atoms with Crippen LogP contribution in [0.1, 0.15) is 38.5 Å². The molecule has 96 valence electrons. The van der Waals surface area contributed by atoms with Crippen LogP contribution in [-0.4, -0.2) is 49.6 Å². The van der Waals surface area contributed by atoms with Gasteiger partial charge in [0, 0.05) is 6.04 Å². The molecule has 2 nitrogen and oxygen atoms in total. The van der Waals surface area contributed by atoms with Crippen molar-refractivity contribution in [1.82, 2.24) is 10.2 Å². The van der Waals surface area contributed by atoms with Gasteiger partial charge in [0.2, 0.25) is 0 Å². The molecule has 1 N–H and O–H groups in total. The zero-order valence-electron chi connectivity index (χ0n) is 11.0. The Bertz CT molecular complexity index is 164. The standard InChI is InChI=1S/C13H28N2S/c1-14-9-8-13-7-3-4-10-15(13)11-5-6-12-16-2/h13-14H,3-12H2,1-2H3. The van der Waals surface area contributed by atoms with Crippen molar-refractivity contribution in [2.45, 2.75) is 44.6 Å². The van der Waals surface area contributed by atoms with Crippen LogP contribution >= 0.6 is 11.8 Å². The minimum atomic E-state index is 0.857. The van der Waals surface area contributed by atoms with Gasteiger partial charge < -0.3 is 10.2 Å². The first-order valence-electron chi connectivity index (χ1n) is 6.76. The maximum atomic E-state index is 3.28. The Morgan fingerprint density at radius 2 is 2.19 bits per heavy atom. The Morgan fingerprint density at radius 3 is 2.94 bits per heavy atom. The molecule has 0 radical (unpaired) electrons. The molecule has 0 aliphatic carbocycles. The van der Waals surface area contributed by atoms with E-state index in [-0.39, 0.29) is 0 Å². The summed E-state index contributed by atoms with van der Waals surface area (Å²) in [6.07, 6.45) is 10.6. The van der Waals surface area contributed by atoms with Crippen molar-refractivity contribution in [2.24, 2.45) is 0 Å². The van der Waals surface area contributed by atoms with Crippen LogP contribution < -0.4 is 5.32 Å². The topological polar surface area (TPSA) is 15.3 Å². The van der Waals surface area contributed by atoms with Crippen LogP contribution in [0.3, 0.4) is 0 Å². The SMILES string of the molecule is CNCCC1CCCCN1CCCCSC. The van der Waals surface area contributed by atoms with E-state index < -0.39 is 0 Å². The van der Waals surface area contributed by atoms with Gasteiger partial charge in [0.05, 0.1) is 0 Å². The molecule has 3 heteroatoms. The number of unbranched alkanes of at least 4 members (excludes halogenated alkanes) is 1. The maximum Gasteiger partial charge on any atom is 0.0107 e. The predicted molar refractivity (Wildman–Crippen MR) is 75.4 cm³/mol. The minimum absolute atomic E-state index is 0.857. The van der Waals surface area contributed by atoms with Crippen LogP contribution in [0.15, 0.2) is 0 Å². The van der Waals surface area contributed by atoms with E-state index in [4.69, 9.17) is 0 Å². The number of hydrogen-bond donors (Lipinski definition) is 1. The monoisotopic (exact) mass is 244 g/mol. The van der Waals surface area contributed by atoms with Crippen LogP contribution in [0.2, 0.25) is 0 Å². The van der Waals surface area contributed by atoms with Crippen LogP contribution in [0.4, 0.5) is 0 Å². The third kappa shape index (κ3) is 5.55. The Morgan fingerprint density at radius 1 is 1.31 bits per heavy atom. The predicted octanol–water partition coefficient (Wildman–Crippen LogP) is 2.59. The van der Waals surface area contributed by atoms with E-state index in [1.165, 1.54) is 63.9 Å². The van der Waals surface area contributed by atoms with Crippen LogP contribution in [-0.2, 0) is 0 Å². The van der Waals surface area contributed by atoms with Crippen molar-refractivity contribution >= 4 is 11.8 Å². The van der Waals surface area contributed by atoms with Crippen molar-refractivity contribution in [3.05, 3.63) is 0 Å². The fourth-order valence-electron chi connectivity index (χ4n) is 2.55. The van der Waals surface area contributed by atoms with E-state index in [0.717, 1.165) is 6.04 Å². The highest BCUT2D eigenvalue weighted by Gasteiger charge is 2.20. The third-order valence-electron chi connectivity index (χ3n) is 3.52. The highest BCUT2D eigenvalue weighted by molar-refractivity contribution is 7.98. The van der Waals surface area contributed by atoms with Gasteiger partial charge in [-0.2, -0.15) is 11.8 Å². The van der Waals surface area contributed by atoms with Gasteiger partial charge >= 0.3 is 0 Å². The van der Waals surface area contributed by atoms with Gasteiger partial charge in [-0.25, -0.2) is 0 Å². The lowest BCUT2D eigenvalue weighted by Crippen LogP contribution is -2.41. The number of likely N-dealkylation sites (tertiary alicyclic amines) is 1. The summed E-state index contributed by atoms with van der Waals surface area (Å²) in [5.74, 6) is 1.33. The third-order valence-corrected chi connectivity index (χ3v) is 4.22. The van der Waals surface area contributed by atoms with Crippen LogP contribution in [0, 0.1) is 0 Å². The fourth-order valence-corrected chi connectivity index (χ4v) is 3.05. The van der Waals surface area contributed by atoms with Gasteiger partial charge in [0.15, 0.2) is 0 Å². The second-order valence-corrected chi connectivity index (χ2v) is 5.76. The van der Waals surface area contributed by atoms with Crippen molar-refractivity contribution < 1.29 is 0 Å². The number of piperidine rings is 1. The van der Waals surface area contributed by atoms with E-state index in [1.807, 2.05) is 11.8 Å². The first-order valence-corrected chi connectivity index (χ1v) is 8.15. The molecule has 0 bridgehead atoms. The second-order valence-electron chi connectivity index (χ2n) is 4.78. The second kappa shape index (κ2) is 9.32. The van der Waals surface area contributed by atoms with Crippen molar-refractivity contribution in [3.63, 3.8) is 0 Å². The number of nitrogens with one attached hydrogen (secondary N) is 1. The molecule has 0 aromatic heterocycles. The summed E-state index contributed by atoms with van der Waals surface area (Å²) < 4.78 is 0. The molecule has 1 aliphatic rings. The minimum Gasteiger partial charge on any atom is -0.320 e. The lowest BCUT2D eigenvalue weighted by atomic mass is 9.99. The van der Waals surface area contributed by atoms with Crippen LogP contribution in [0.25, 0.3) is 0 Å². The zero-order valence-corrected chi connectivity index (χ0v) is 11.8. The van der Waals surface area contributed by atoms with E-state index in [0.29, 0.717) is 0 Å². The molecule has 1 rings (SSSR count). The lowest BCUT2D eigenvalue weighted by molar-refractivity contribution is 0.138. The van der Waals surface area contributed by atoms with Crippen LogP contribution in [0.5, 0.6) is 0 Å². The fraction of sp³-hybridized carbons (Fsp3) is 1.00. The van der Waals surface area contributed by atoms with Gasteiger partial charge in [-0.3, -0.25) is 0 Å². The van der Waals surface area contributed by atoms with Gasteiger partial charge in [0.25, 0.3) is 0 Å². The number of hydrogen-bond acceptors (Lipinski definition) is 3. The highest BCUT2D eigenvalue weighted by Crippen LogP contribution is 2.19. The Labute approximate surface area is 106 Å². The quantitative estimate of drug-likeness (QED) is 0.661. The average Bonchev–Trinajstić information content (AvgIpc) is 2.33. The van der Waals surface area contributed by atoms with E-state index >= 15 is 0 Å². The summed E-state index contributed by atoms with van der Waals surface area (Å²) in [4.78, 5) is 2.74. The lowest BCUT2D eigenvalue weighted by Gasteiger charge is -2.35. The summed E-state index contributed by atoms with van der Waals surface area (Å²) in [6.45, 7) is 3.84. The van der Waals surface area contributed by atoms with E-state index in [1.54, 1.807) is 0 Å². The first kappa shape index (κ1) is 14.3. The molecule has 1 unspecified atom stereocenters. The normalized spacial score (nSPS) is 22.5. The smallest absolute Gasteiger partial charge is 0.0107 e. The molecule has 0 saturated carbocycles. The molecule has 0 aromatic carbocycles. The molecule has 1 atom stereocenters. The van der Waals surface area contributed by atoms with E-state index in [9.17, 15) is 0 Å². The molecule has 1 fully saturated rings. The molecule has 0 aromatic rings. The summed E-state index contributed by atoms with van der Waals surface area (Å²) in [5, 5.41) is 3.28. The van der Waals surface area contributed by atoms with Crippen molar-refractivity contribution in [3.8, 4) is 0 Å². The van der Waals surface area contributed by atoms with Crippen molar-refractivity contribution in [1.29, 1.82) is 0 Å². The molecular formula is C13H28N2S. The number of rotatable bonds is 8. The Balaban J connectivity index is 2.18. The Kier molecular flexibility index (Phi) is 8.34. The molecular weight excluding hydrogens is 216 g/mol. The molecule has 1 heterocycles. The molecule has 0 spiro atoms. The molecule has 1 saturated heterocycles. The summed E-state index contributed by atoms with van der Waals surface area (Å²) >= 11 is 1.97. The highest BCUT2D eigenvalue weighted by atomic mass is 32.2. The average molecular weight is 244 g/mol. The van der Waals surface area contributed by atoms with E-state index in [2.05, 4.69) is 23.5 Å². The summed E-state index contributed by atoms with van der Waals surface area (Å²) in [7, 11) is 2.06. The van der Waals surface area contributed by atoms with Gasteiger partial charge in [-0.15, -0.1) is 0 Å². The number of nitrogens with zero attached hydrogens (tertiary/aromatic N) is 1. The Hall–Kier alpha value is 0.270. The molecule has 16 heavy (non-hydrogen) atoms. The molecule has 0 amide bonds. The zero-order chi connectivity index (χ0) is 11.6. The number of thioether (sulfide) groups is 1. The largest absolute Gasteiger partial charge is 0.320 e. The van der Waals surface area contributed by atoms with Gasteiger partial charge in [-0.1, -0.05) is 6.42 Å². The maximum absolute atomic E-state index is 3.28.